The number of benzene rings is 2. The van der Waals surface area contributed by atoms with Crippen LogP contribution in [0.1, 0.15) is 0 Å². The van der Waals surface area contributed by atoms with Gasteiger partial charge in [-0.2, -0.15) is 0 Å². The van der Waals surface area contributed by atoms with Gasteiger partial charge < -0.3 is 5.11 Å². The van der Waals surface area contributed by atoms with Crippen molar-refractivity contribution in [2.75, 3.05) is 0 Å². The summed E-state index contributed by atoms with van der Waals surface area (Å²) in [7, 11) is 0. The minimum Gasteiger partial charge on any atom is -0.508 e. The third-order valence-corrected chi connectivity index (χ3v) is 2.11. The zero-order valence-corrected chi connectivity index (χ0v) is 7.74. The van der Waals surface area contributed by atoms with Crippen molar-refractivity contribution in [3.05, 3.63) is 54.1 Å². The van der Waals surface area contributed by atoms with E-state index in [9.17, 15) is 8.78 Å². The van der Waals surface area contributed by atoms with Crippen LogP contribution in [0.15, 0.2) is 42.5 Å². The Morgan fingerprint density at radius 2 is 1.53 bits per heavy atom. The van der Waals surface area contributed by atoms with Crippen LogP contribution < -0.4 is 0 Å². The second-order valence-electron chi connectivity index (χ2n) is 3.17. The minimum atomic E-state index is -0.526. The lowest BCUT2D eigenvalue weighted by Gasteiger charge is -2.03. The molecular weight excluding hydrogens is 198 g/mol. The van der Waals surface area contributed by atoms with Crippen LogP contribution in [0, 0.1) is 11.6 Å². The first-order valence-electron chi connectivity index (χ1n) is 4.41. The van der Waals surface area contributed by atoms with Crippen molar-refractivity contribution < 1.29 is 13.9 Å². The first-order chi connectivity index (χ1) is 7.16. The lowest BCUT2D eigenvalue weighted by molar-refractivity contribution is 0.469. The average molecular weight is 206 g/mol. The molecular formula is C12H8F2O. The van der Waals surface area contributed by atoms with Gasteiger partial charge in [0.15, 0.2) is 0 Å². The predicted octanol–water partition coefficient (Wildman–Crippen LogP) is 3.34. The van der Waals surface area contributed by atoms with Crippen molar-refractivity contribution in [1.29, 1.82) is 0 Å². The highest BCUT2D eigenvalue weighted by molar-refractivity contribution is 5.64. The number of hydrogen-bond donors (Lipinski definition) is 1. The predicted molar refractivity (Wildman–Crippen MR) is 53.5 cm³/mol. The fourth-order valence-electron chi connectivity index (χ4n) is 1.37. The molecule has 3 heteroatoms. The summed E-state index contributed by atoms with van der Waals surface area (Å²) in [4.78, 5) is 0. The number of hydrogen-bond acceptors (Lipinski definition) is 1. The number of rotatable bonds is 1. The van der Waals surface area contributed by atoms with Gasteiger partial charge >= 0.3 is 0 Å². The molecule has 0 spiro atoms. The smallest absolute Gasteiger partial charge is 0.134 e. The van der Waals surface area contributed by atoms with E-state index in [-0.39, 0.29) is 11.6 Å². The zero-order valence-electron chi connectivity index (χ0n) is 7.74. The molecule has 0 aliphatic heterocycles. The van der Waals surface area contributed by atoms with E-state index in [0.717, 1.165) is 6.07 Å². The Balaban J connectivity index is 2.49. The number of phenols is 1. The van der Waals surface area contributed by atoms with Gasteiger partial charge in [0.25, 0.3) is 0 Å². The van der Waals surface area contributed by atoms with Crippen molar-refractivity contribution in [3.8, 4) is 16.9 Å². The Morgan fingerprint density at radius 3 is 2.13 bits per heavy atom. The molecule has 0 saturated heterocycles. The Hall–Kier alpha value is -1.90. The molecule has 2 rings (SSSR count). The largest absolute Gasteiger partial charge is 0.508 e. The Bertz CT molecular complexity index is 477. The minimum absolute atomic E-state index is 0.127. The van der Waals surface area contributed by atoms with E-state index < -0.39 is 5.82 Å². The summed E-state index contributed by atoms with van der Waals surface area (Å²) in [5, 5.41) is 9.03. The average Bonchev–Trinajstić information content (AvgIpc) is 2.20. The van der Waals surface area contributed by atoms with Gasteiger partial charge in [0.05, 0.1) is 0 Å². The Morgan fingerprint density at radius 1 is 0.867 bits per heavy atom. The van der Waals surface area contributed by atoms with E-state index in [0.29, 0.717) is 11.1 Å². The summed E-state index contributed by atoms with van der Waals surface area (Å²) < 4.78 is 26.0. The zero-order chi connectivity index (χ0) is 10.8. The number of halogens is 2. The molecule has 0 fully saturated rings. The maximum atomic E-state index is 13.4. The number of aromatic hydroxyl groups is 1. The lowest BCUT2D eigenvalue weighted by atomic mass is 10.1. The van der Waals surface area contributed by atoms with Crippen molar-refractivity contribution >= 4 is 0 Å². The fraction of sp³-hybridized carbons (Fsp3) is 0. The highest BCUT2D eigenvalue weighted by Gasteiger charge is 2.05. The van der Waals surface area contributed by atoms with Crippen LogP contribution in [-0.4, -0.2) is 5.11 Å². The molecule has 0 aromatic heterocycles. The molecule has 2 aromatic rings. The molecule has 0 aliphatic rings. The maximum Gasteiger partial charge on any atom is 0.134 e. The molecule has 0 unspecified atom stereocenters. The van der Waals surface area contributed by atoms with Gasteiger partial charge in [0, 0.05) is 11.6 Å². The van der Waals surface area contributed by atoms with Crippen LogP contribution in [-0.2, 0) is 0 Å². The standard InChI is InChI=1S/C12H8F2O/c13-9-3-1-8(2-4-9)11-6-5-10(15)7-12(11)14/h1-7,15H. The normalized spacial score (nSPS) is 10.3. The monoisotopic (exact) mass is 206 g/mol. The molecule has 0 bridgehead atoms. The van der Waals surface area contributed by atoms with Gasteiger partial charge in [-0.3, -0.25) is 0 Å². The van der Waals surface area contributed by atoms with Crippen molar-refractivity contribution in [2.24, 2.45) is 0 Å². The van der Waals surface area contributed by atoms with E-state index in [1.165, 1.54) is 36.4 Å². The van der Waals surface area contributed by atoms with Crippen LogP contribution in [0.5, 0.6) is 5.75 Å². The van der Waals surface area contributed by atoms with E-state index in [4.69, 9.17) is 5.11 Å². The van der Waals surface area contributed by atoms with Gasteiger partial charge in [0.1, 0.15) is 17.4 Å². The molecule has 2 aromatic carbocycles. The Kier molecular flexibility index (Phi) is 2.37. The molecule has 0 atom stereocenters. The summed E-state index contributed by atoms with van der Waals surface area (Å²) in [6.07, 6.45) is 0. The van der Waals surface area contributed by atoms with Crippen LogP contribution in [0.3, 0.4) is 0 Å². The summed E-state index contributed by atoms with van der Waals surface area (Å²) in [5.74, 6) is -1.02. The molecule has 0 aliphatic carbocycles. The molecule has 0 saturated carbocycles. The van der Waals surface area contributed by atoms with Gasteiger partial charge in [-0.15, -0.1) is 0 Å². The van der Waals surface area contributed by atoms with Gasteiger partial charge in [-0.05, 0) is 29.8 Å². The molecule has 1 N–H and O–H groups in total. The van der Waals surface area contributed by atoms with Crippen LogP contribution in [0.2, 0.25) is 0 Å². The first kappa shape index (κ1) is 9.65. The van der Waals surface area contributed by atoms with Gasteiger partial charge in [-0.1, -0.05) is 12.1 Å². The van der Waals surface area contributed by atoms with E-state index >= 15 is 0 Å². The molecule has 0 amide bonds. The SMILES string of the molecule is Oc1ccc(-c2ccc(F)cc2)c(F)c1. The highest BCUT2D eigenvalue weighted by Crippen LogP contribution is 2.25. The molecule has 0 radical (unpaired) electrons. The second kappa shape index (κ2) is 3.69. The number of phenolic OH excluding ortho intramolecular Hbond substituents is 1. The van der Waals surface area contributed by atoms with Gasteiger partial charge in [-0.25, -0.2) is 8.78 Å². The van der Waals surface area contributed by atoms with Gasteiger partial charge in [0.2, 0.25) is 0 Å². The van der Waals surface area contributed by atoms with E-state index in [1.807, 2.05) is 0 Å². The molecule has 15 heavy (non-hydrogen) atoms. The van der Waals surface area contributed by atoms with E-state index in [1.54, 1.807) is 0 Å². The molecule has 0 heterocycles. The summed E-state index contributed by atoms with van der Waals surface area (Å²) >= 11 is 0. The maximum absolute atomic E-state index is 13.4. The van der Waals surface area contributed by atoms with Crippen molar-refractivity contribution in [2.45, 2.75) is 0 Å². The quantitative estimate of drug-likeness (QED) is 0.758. The third-order valence-electron chi connectivity index (χ3n) is 2.11. The van der Waals surface area contributed by atoms with Crippen molar-refractivity contribution in [3.63, 3.8) is 0 Å². The fourth-order valence-corrected chi connectivity index (χ4v) is 1.37. The van der Waals surface area contributed by atoms with Crippen LogP contribution >= 0.6 is 0 Å². The highest BCUT2D eigenvalue weighted by atomic mass is 19.1. The summed E-state index contributed by atoms with van der Waals surface area (Å²) in [5.41, 5.74) is 0.918. The molecule has 76 valence electrons. The van der Waals surface area contributed by atoms with E-state index in [2.05, 4.69) is 0 Å². The molecule has 1 nitrogen and oxygen atoms in total. The summed E-state index contributed by atoms with van der Waals surface area (Å²) in [6.45, 7) is 0. The lowest BCUT2D eigenvalue weighted by Crippen LogP contribution is -1.84. The third kappa shape index (κ3) is 1.96. The van der Waals surface area contributed by atoms with Crippen molar-refractivity contribution in [1.82, 2.24) is 0 Å². The first-order valence-corrected chi connectivity index (χ1v) is 4.41. The summed E-state index contributed by atoms with van der Waals surface area (Å²) in [6, 6.07) is 9.39. The topological polar surface area (TPSA) is 20.2 Å². The van der Waals surface area contributed by atoms with Crippen LogP contribution in [0.25, 0.3) is 11.1 Å². The Labute approximate surface area is 85.6 Å². The second-order valence-corrected chi connectivity index (χ2v) is 3.17. The van der Waals surface area contributed by atoms with Crippen LogP contribution in [0.4, 0.5) is 8.78 Å².